The van der Waals surface area contributed by atoms with Crippen molar-refractivity contribution < 1.29 is 4.79 Å². The molecule has 3 heteroatoms. The van der Waals surface area contributed by atoms with Gasteiger partial charge in [-0.05, 0) is 31.5 Å². The predicted octanol–water partition coefficient (Wildman–Crippen LogP) is 0.797. The Morgan fingerprint density at radius 2 is 2.09 bits per heavy atom. The Hall–Kier alpha value is -1.38. The first-order valence-electron chi connectivity index (χ1n) is 3.34. The Morgan fingerprint density at radius 3 is 2.55 bits per heavy atom. The number of nitrogens with two attached hydrogens (primary N) is 1. The van der Waals surface area contributed by atoms with Crippen molar-refractivity contribution in [2.45, 2.75) is 13.8 Å². The fourth-order valence-electron chi connectivity index (χ4n) is 0.968. The first kappa shape index (κ1) is 7.72. The van der Waals surface area contributed by atoms with Gasteiger partial charge in [-0.15, -0.1) is 0 Å². The monoisotopic (exact) mass is 150 g/mol. The molecule has 0 spiro atoms. The number of carbonyl (C=O) groups excluding carboxylic acids is 1. The van der Waals surface area contributed by atoms with Crippen molar-refractivity contribution in [2.24, 2.45) is 5.73 Å². The zero-order valence-electron chi connectivity index (χ0n) is 6.59. The topological polar surface area (TPSA) is 56.0 Å². The molecular weight excluding hydrogens is 140 g/mol. The van der Waals surface area contributed by atoms with Crippen molar-refractivity contribution in [1.29, 1.82) is 0 Å². The van der Waals surface area contributed by atoms with Crippen molar-refractivity contribution in [3.8, 4) is 0 Å². The summed E-state index contributed by atoms with van der Waals surface area (Å²) in [6, 6.07) is 3.57. The fourth-order valence-corrected chi connectivity index (χ4v) is 0.968. The summed E-state index contributed by atoms with van der Waals surface area (Å²) in [6.07, 6.45) is 0. The van der Waals surface area contributed by atoms with E-state index in [0.29, 0.717) is 5.69 Å². The van der Waals surface area contributed by atoms with Crippen molar-refractivity contribution in [2.75, 3.05) is 0 Å². The number of rotatable bonds is 1. The highest BCUT2D eigenvalue weighted by Crippen LogP contribution is 2.02. The number of hydrogen-bond acceptors (Lipinski definition) is 2. The molecule has 0 aliphatic rings. The molecule has 1 heterocycles. The molecule has 0 fully saturated rings. The minimum absolute atomic E-state index is 0.336. The van der Waals surface area contributed by atoms with Gasteiger partial charge in [0.25, 0.3) is 5.91 Å². The lowest BCUT2D eigenvalue weighted by Crippen LogP contribution is -2.13. The Morgan fingerprint density at radius 1 is 1.45 bits per heavy atom. The molecule has 0 saturated carbocycles. The number of aromatic nitrogens is 1. The minimum Gasteiger partial charge on any atom is -0.364 e. The quantitative estimate of drug-likeness (QED) is 0.643. The molecule has 1 amide bonds. The molecule has 58 valence electrons. The van der Waals surface area contributed by atoms with E-state index in [9.17, 15) is 4.79 Å². The third-order valence-corrected chi connectivity index (χ3v) is 1.35. The second kappa shape index (κ2) is 2.70. The van der Waals surface area contributed by atoms with Crippen LogP contribution in [0.4, 0.5) is 0 Å². The van der Waals surface area contributed by atoms with Gasteiger partial charge < -0.3 is 5.73 Å². The van der Waals surface area contributed by atoms with E-state index >= 15 is 0 Å². The number of nitrogens with zero attached hydrogens (tertiary/aromatic N) is 1. The third kappa shape index (κ3) is 1.77. The maximum atomic E-state index is 10.7. The van der Waals surface area contributed by atoms with E-state index in [1.54, 1.807) is 6.07 Å². The smallest absolute Gasteiger partial charge is 0.267 e. The minimum atomic E-state index is -0.475. The lowest BCUT2D eigenvalue weighted by Gasteiger charge is -1.98. The molecule has 11 heavy (non-hydrogen) atoms. The predicted molar refractivity (Wildman–Crippen MR) is 42.2 cm³/mol. The van der Waals surface area contributed by atoms with Crippen molar-refractivity contribution in [1.82, 2.24) is 4.98 Å². The molecule has 2 N–H and O–H groups in total. The van der Waals surface area contributed by atoms with Crippen molar-refractivity contribution in [3.63, 3.8) is 0 Å². The summed E-state index contributed by atoms with van der Waals surface area (Å²) in [5.74, 6) is -0.475. The largest absolute Gasteiger partial charge is 0.364 e. The van der Waals surface area contributed by atoms with Gasteiger partial charge in [-0.3, -0.25) is 4.79 Å². The SMILES string of the molecule is Cc1cc(C)nc(C(N)=O)c1. The van der Waals surface area contributed by atoms with Crippen LogP contribution in [0.15, 0.2) is 12.1 Å². The van der Waals surface area contributed by atoms with Crippen LogP contribution in [0.1, 0.15) is 21.7 Å². The molecule has 0 aromatic carbocycles. The highest BCUT2D eigenvalue weighted by molar-refractivity contribution is 5.90. The molecule has 3 nitrogen and oxygen atoms in total. The zero-order chi connectivity index (χ0) is 8.43. The van der Waals surface area contributed by atoms with E-state index in [2.05, 4.69) is 4.98 Å². The van der Waals surface area contributed by atoms with Crippen LogP contribution in [-0.4, -0.2) is 10.9 Å². The Labute approximate surface area is 65.2 Å². The number of primary amides is 1. The lowest BCUT2D eigenvalue weighted by atomic mass is 10.2. The summed E-state index contributed by atoms with van der Waals surface area (Å²) in [4.78, 5) is 14.6. The summed E-state index contributed by atoms with van der Waals surface area (Å²) in [5, 5.41) is 0. The summed E-state index contributed by atoms with van der Waals surface area (Å²) in [7, 11) is 0. The summed E-state index contributed by atoms with van der Waals surface area (Å²) in [6.45, 7) is 3.74. The van der Waals surface area contributed by atoms with Gasteiger partial charge in [0, 0.05) is 5.69 Å². The van der Waals surface area contributed by atoms with E-state index in [0.717, 1.165) is 11.3 Å². The van der Waals surface area contributed by atoms with Crippen LogP contribution < -0.4 is 5.73 Å². The van der Waals surface area contributed by atoms with E-state index in [-0.39, 0.29) is 0 Å². The maximum Gasteiger partial charge on any atom is 0.267 e. The average molecular weight is 150 g/mol. The number of aryl methyl sites for hydroxylation is 2. The highest BCUT2D eigenvalue weighted by atomic mass is 16.1. The summed E-state index contributed by atoms with van der Waals surface area (Å²) >= 11 is 0. The highest BCUT2D eigenvalue weighted by Gasteiger charge is 2.01. The number of hydrogen-bond donors (Lipinski definition) is 1. The summed E-state index contributed by atoms with van der Waals surface area (Å²) < 4.78 is 0. The van der Waals surface area contributed by atoms with Crippen molar-refractivity contribution >= 4 is 5.91 Å². The van der Waals surface area contributed by atoms with E-state index in [1.807, 2.05) is 19.9 Å². The van der Waals surface area contributed by atoms with Crippen LogP contribution >= 0.6 is 0 Å². The molecule has 0 bridgehead atoms. The van der Waals surface area contributed by atoms with E-state index < -0.39 is 5.91 Å². The van der Waals surface area contributed by atoms with Gasteiger partial charge >= 0.3 is 0 Å². The lowest BCUT2D eigenvalue weighted by molar-refractivity contribution is 0.0995. The number of carbonyl (C=O) groups is 1. The Bertz CT molecular complexity index is 274. The molecule has 0 aliphatic heterocycles. The number of pyridine rings is 1. The first-order chi connectivity index (χ1) is 5.09. The van der Waals surface area contributed by atoms with Crippen LogP contribution in [-0.2, 0) is 0 Å². The van der Waals surface area contributed by atoms with Crippen LogP contribution in [0.5, 0.6) is 0 Å². The molecule has 0 unspecified atom stereocenters. The van der Waals surface area contributed by atoms with Gasteiger partial charge in [-0.1, -0.05) is 0 Å². The van der Waals surface area contributed by atoms with Gasteiger partial charge in [0.05, 0.1) is 0 Å². The van der Waals surface area contributed by atoms with Crippen molar-refractivity contribution in [3.05, 3.63) is 29.1 Å². The molecule has 0 atom stereocenters. The molecule has 0 saturated heterocycles. The molecule has 1 rings (SSSR count). The molecule has 1 aromatic heterocycles. The second-order valence-electron chi connectivity index (χ2n) is 2.54. The molecule has 0 radical (unpaired) electrons. The normalized spacial score (nSPS) is 9.64. The fraction of sp³-hybridized carbons (Fsp3) is 0.250. The zero-order valence-corrected chi connectivity index (χ0v) is 6.59. The van der Waals surface area contributed by atoms with Gasteiger partial charge in [-0.25, -0.2) is 4.98 Å². The Balaban J connectivity index is 3.19. The third-order valence-electron chi connectivity index (χ3n) is 1.35. The van der Waals surface area contributed by atoms with Crippen LogP contribution in [0.3, 0.4) is 0 Å². The standard InChI is InChI=1S/C8H10N2O/c1-5-3-6(2)10-7(4-5)8(9)11/h3-4H,1-2H3,(H2,9,11). The van der Waals surface area contributed by atoms with Gasteiger partial charge in [0.15, 0.2) is 0 Å². The Kier molecular flexibility index (Phi) is 1.89. The molecular formula is C8H10N2O. The van der Waals surface area contributed by atoms with E-state index in [4.69, 9.17) is 5.73 Å². The van der Waals surface area contributed by atoms with Gasteiger partial charge in [0.1, 0.15) is 5.69 Å². The second-order valence-corrected chi connectivity index (χ2v) is 2.54. The number of amides is 1. The van der Waals surface area contributed by atoms with E-state index in [1.165, 1.54) is 0 Å². The van der Waals surface area contributed by atoms with Gasteiger partial charge in [-0.2, -0.15) is 0 Å². The van der Waals surface area contributed by atoms with Crippen LogP contribution in [0, 0.1) is 13.8 Å². The van der Waals surface area contributed by atoms with Gasteiger partial charge in [0.2, 0.25) is 0 Å². The maximum absolute atomic E-state index is 10.7. The summed E-state index contributed by atoms with van der Waals surface area (Å²) in [5.41, 5.74) is 7.21. The molecule has 1 aromatic rings. The average Bonchev–Trinajstić information content (AvgIpc) is 1.85. The van der Waals surface area contributed by atoms with Crippen LogP contribution in [0.2, 0.25) is 0 Å². The van der Waals surface area contributed by atoms with Crippen LogP contribution in [0.25, 0.3) is 0 Å². The molecule has 0 aliphatic carbocycles. The first-order valence-corrected chi connectivity index (χ1v) is 3.34.